The third-order valence-electron chi connectivity index (χ3n) is 8.89. The fraction of sp³-hybridized carbons (Fsp3) is 0.750. The first kappa shape index (κ1) is 26.7. The molecule has 5 fully saturated rings. The van der Waals surface area contributed by atoms with E-state index in [9.17, 15) is 4.79 Å². The molecule has 37 heavy (non-hydrogen) atoms. The Balaban J connectivity index is 1.13. The molecule has 206 valence electrons. The number of fused-ring (bicyclic) bond motifs is 2. The normalized spacial score (nSPS) is 38.4. The van der Waals surface area contributed by atoms with Gasteiger partial charge in [-0.2, -0.15) is 0 Å². The number of hydrogen-bond donors (Lipinski definition) is 1. The van der Waals surface area contributed by atoms with Crippen LogP contribution in [0.1, 0.15) is 58.4 Å². The minimum absolute atomic E-state index is 0.0546. The lowest BCUT2D eigenvalue weighted by molar-refractivity contribution is -0.577. The second-order valence-electron chi connectivity index (χ2n) is 11.2. The maximum atomic E-state index is 12.5. The highest BCUT2D eigenvalue weighted by Gasteiger charge is 2.69. The predicted molar refractivity (Wildman–Crippen MR) is 134 cm³/mol. The highest BCUT2D eigenvalue weighted by atomic mass is 17.3. The molecule has 1 spiro atoms. The molecule has 0 unspecified atom stereocenters. The van der Waals surface area contributed by atoms with Crippen molar-refractivity contribution >= 4 is 5.91 Å². The van der Waals surface area contributed by atoms with Crippen molar-refractivity contribution in [3.63, 3.8) is 0 Å². The van der Waals surface area contributed by atoms with Crippen molar-refractivity contribution in [2.24, 2.45) is 23.7 Å². The summed E-state index contributed by atoms with van der Waals surface area (Å²) in [5.41, 5.74) is 0.458. The van der Waals surface area contributed by atoms with Crippen molar-refractivity contribution in [1.82, 2.24) is 5.32 Å². The Kier molecular flexibility index (Phi) is 7.71. The van der Waals surface area contributed by atoms with Gasteiger partial charge in [-0.25, -0.2) is 9.78 Å². The average molecular weight is 520 g/mol. The van der Waals surface area contributed by atoms with Gasteiger partial charge in [-0.1, -0.05) is 19.9 Å². The van der Waals surface area contributed by atoms with Crippen LogP contribution in [0.5, 0.6) is 11.5 Å². The zero-order valence-electron chi connectivity index (χ0n) is 22.6. The molecule has 4 saturated heterocycles. The van der Waals surface area contributed by atoms with Crippen molar-refractivity contribution in [2.75, 3.05) is 27.4 Å². The predicted octanol–water partition coefficient (Wildman–Crippen LogP) is 3.98. The Morgan fingerprint density at radius 3 is 2.68 bits per heavy atom. The molecule has 1 aromatic carbocycles. The quantitative estimate of drug-likeness (QED) is 0.490. The van der Waals surface area contributed by atoms with Gasteiger partial charge in [0, 0.05) is 24.8 Å². The molecule has 0 aromatic heterocycles. The van der Waals surface area contributed by atoms with Crippen LogP contribution in [-0.4, -0.2) is 57.2 Å². The fourth-order valence-corrected chi connectivity index (χ4v) is 6.80. The van der Waals surface area contributed by atoms with Crippen LogP contribution in [0, 0.1) is 23.7 Å². The lowest BCUT2D eigenvalue weighted by Gasteiger charge is -2.60. The summed E-state index contributed by atoms with van der Waals surface area (Å²) in [5.74, 6) is 1.63. The van der Waals surface area contributed by atoms with E-state index in [2.05, 4.69) is 19.2 Å². The summed E-state index contributed by atoms with van der Waals surface area (Å²) < 4.78 is 29.5. The molecule has 6 rings (SSSR count). The molecule has 8 atom stereocenters. The number of nitrogens with one attached hydrogen (secondary N) is 1. The number of benzene rings is 1. The molecule has 4 aliphatic heterocycles. The van der Waals surface area contributed by atoms with E-state index >= 15 is 0 Å². The van der Waals surface area contributed by atoms with E-state index in [0.29, 0.717) is 36.3 Å². The standard InChI is InChI=1S/C28H41NO8/c1-17-6-8-21-18(2)25(34-26-28(21)20(17)10-13-27(3,35-26)36-37-28)33-15-12-24(30)29-14-11-19-7-9-22(31-4)23(16-19)32-5/h7,9,16-18,20-21,25-26H,6,8,10-15H2,1-5H3,(H,29,30)/t17-,18-,20+,21-,25-,26-,27-,28-/m1/s1. The Bertz CT molecular complexity index is 974. The van der Waals surface area contributed by atoms with Gasteiger partial charge in [-0.05, 0) is 62.1 Å². The maximum Gasteiger partial charge on any atom is 0.222 e. The van der Waals surface area contributed by atoms with E-state index in [0.717, 1.165) is 31.2 Å². The van der Waals surface area contributed by atoms with Crippen molar-refractivity contribution in [3.8, 4) is 11.5 Å². The second kappa shape index (κ2) is 10.7. The monoisotopic (exact) mass is 519 g/mol. The molecule has 1 amide bonds. The van der Waals surface area contributed by atoms with Crippen LogP contribution in [0.3, 0.4) is 0 Å². The fourth-order valence-electron chi connectivity index (χ4n) is 6.80. The maximum absolute atomic E-state index is 12.5. The summed E-state index contributed by atoms with van der Waals surface area (Å²) in [6.07, 6.45) is 3.89. The van der Waals surface area contributed by atoms with Gasteiger partial charge in [-0.3, -0.25) is 4.79 Å². The van der Waals surface area contributed by atoms with E-state index in [1.54, 1.807) is 14.2 Å². The summed E-state index contributed by atoms with van der Waals surface area (Å²) >= 11 is 0. The lowest BCUT2D eigenvalue weighted by atomic mass is 9.58. The Morgan fingerprint density at radius 2 is 1.89 bits per heavy atom. The number of carbonyl (C=O) groups is 1. The summed E-state index contributed by atoms with van der Waals surface area (Å²) in [4.78, 5) is 24.5. The molecule has 4 heterocycles. The van der Waals surface area contributed by atoms with Gasteiger partial charge in [0.05, 0.1) is 27.2 Å². The summed E-state index contributed by atoms with van der Waals surface area (Å²) in [6, 6.07) is 5.77. The second-order valence-corrected chi connectivity index (χ2v) is 11.2. The first-order chi connectivity index (χ1) is 17.8. The van der Waals surface area contributed by atoms with E-state index in [-0.39, 0.29) is 30.8 Å². The summed E-state index contributed by atoms with van der Waals surface area (Å²) in [7, 11) is 3.22. The minimum atomic E-state index is -0.809. The van der Waals surface area contributed by atoms with Crippen molar-refractivity contribution in [3.05, 3.63) is 23.8 Å². The third kappa shape index (κ3) is 4.96. The largest absolute Gasteiger partial charge is 0.493 e. The minimum Gasteiger partial charge on any atom is -0.493 e. The zero-order chi connectivity index (χ0) is 26.2. The first-order valence-corrected chi connectivity index (χ1v) is 13.6. The molecule has 1 aromatic rings. The number of methoxy groups -OCH3 is 2. The molecule has 1 saturated carbocycles. The number of hydrogen-bond acceptors (Lipinski definition) is 8. The highest BCUT2D eigenvalue weighted by Crippen LogP contribution is 2.60. The van der Waals surface area contributed by atoms with E-state index in [1.807, 2.05) is 25.1 Å². The molecular weight excluding hydrogens is 478 g/mol. The molecule has 9 heteroatoms. The van der Waals surface area contributed by atoms with Gasteiger partial charge in [0.25, 0.3) is 0 Å². The van der Waals surface area contributed by atoms with Gasteiger partial charge in [0.2, 0.25) is 11.7 Å². The smallest absolute Gasteiger partial charge is 0.222 e. The van der Waals surface area contributed by atoms with Crippen LogP contribution in [0.4, 0.5) is 0 Å². The van der Waals surface area contributed by atoms with Crippen molar-refractivity contribution < 1.29 is 38.3 Å². The van der Waals surface area contributed by atoms with Crippen molar-refractivity contribution in [1.29, 1.82) is 0 Å². The van der Waals surface area contributed by atoms with Gasteiger partial charge in [0.15, 0.2) is 29.7 Å². The Morgan fingerprint density at radius 1 is 1.08 bits per heavy atom. The van der Waals surface area contributed by atoms with Gasteiger partial charge < -0.3 is 29.0 Å². The number of ether oxygens (including phenoxy) is 5. The van der Waals surface area contributed by atoms with Crippen LogP contribution >= 0.6 is 0 Å². The van der Waals surface area contributed by atoms with Gasteiger partial charge >= 0.3 is 0 Å². The number of carbonyl (C=O) groups excluding carboxylic acids is 1. The van der Waals surface area contributed by atoms with E-state index in [4.69, 9.17) is 33.5 Å². The van der Waals surface area contributed by atoms with E-state index < -0.39 is 24.0 Å². The number of amides is 1. The molecule has 5 aliphatic rings. The number of rotatable bonds is 9. The summed E-state index contributed by atoms with van der Waals surface area (Å²) in [6.45, 7) is 7.17. The SMILES string of the molecule is COc1ccc(CCNC(=O)CCO[C@@H]2O[C@@H]3O[C@@]4(C)CC[C@H]5[C@H](C)CC[C@H]([C@H]2C)[C@@]35OO4)cc1OC. The lowest BCUT2D eigenvalue weighted by Crippen LogP contribution is -2.70. The van der Waals surface area contributed by atoms with Crippen LogP contribution in [0.2, 0.25) is 0 Å². The van der Waals surface area contributed by atoms with Crippen LogP contribution in [-0.2, 0) is 35.2 Å². The average Bonchev–Trinajstić information content (AvgIpc) is 3.12. The van der Waals surface area contributed by atoms with Crippen LogP contribution < -0.4 is 14.8 Å². The Hall–Kier alpha value is -1.91. The van der Waals surface area contributed by atoms with Crippen LogP contribution in [0.25, 0.3) is 0 Å². The summed E-state index contributed by atoms with van der Waals surface area (Å²) in [5, 5.41) is 2.97. The molecule has 9 nitrogen and oxygen atoms in total. The van der Waals surface area contributed by atoms with Gasteiger partial charge in [-0.15, -0.1) is 0 Å². The topological polar surface area (TPSA) is 93.7 Å². The molecule has 0 radical (unpaired) electrons. The Labute approximate surface area is 219 Å². The zero-order valence-corrected chi connectivity index (χ0v) is 22.6. The molecule has 1 aliphatic carbocycles. The molecule has 1 N–H and O–H groups in total. The van der Waals surface area contributed by atoms with Crippen molar-refractivity contribution in [2.45, 2.75) is 83.3 Å². The first-order valence-electron chi connectivity index (χ1n) is 13.6. The van der Waals surface area contributed by atoms with Crippen LogP contribution in [0.15, 0.2) is 18.2 Å². The van der Waals surface area contributed by atoms with Gasteiger partial charge in [0.1, 0.15) is 0 Å². The molecule has 2 bridgehead atoms. The van der Waals surface area contributed by atoms with E-state index in [1.165, 1.54) is 0 Å². The highest BCUT2D eigenvalue weighted by molar-refractivity contribution is 5.75. The third-order valence-corrected chi connectivity index (χ3v) is 8.89. The molecular formula is C28H41NO8.